The van der Waals surface area contributed by atoms with Crippen LogP contribution in [0.1, 0.15) is 20.3 Å². The fourth-order valence-electron chi connectivity index (χ4n) is 0.349. The molecule has 0 saturated carbocycles. The highest BCUT2D eigenvalue weighted by Gasteiger charge is 1.90. The van der Waals surface area contributed by atoms with Crippen LogP contribution in [0.15, 0.2) is 0 Å². The smallest absolute Gasteiger partial charge is 0.119 e. The van der Waals surface area contributed by atoms with E-state index < -0.39 is 0 Å². The first kappa shape index (κ1) is 6.96. The summed E-state index contributed by atoms with van der Waals surface area (Å²) in [6.07, 6.45) is 1.17. The number of ether oxygens (including phenoxy) is 1. The maximum Gasteiger partial charge on any atom is 0.119 e. The zero-order chi connectivity index (χ0) is 5.70. The molecule has 0 fully saturated rings. The van der Waals surface area contributed by atoms with E-state index in [4.69, 9.17) is 0 Å². The van der Waals surface area contributed by atoms with Crippen LogP contribution < -0.4 is 0 Å². The summed E-state index contributed by atoms with van der Waals surface area (Å²) in [4.78, 5) is 0. The van der Waals surface area contributed by atoms with Gasteiger partial charge in [0.15, 0.2) is 0 Å². The van der Waals surface area contributed by atoms with E-state index in [9.17, 15) is 0 Å². The molecule has 0 saturated heterocycles. The molecule has 0 aliphatic heterocycles. The molecule has 1 N–H and O–H groups in total. The first-order chi connectivity index (χ1) is 3.27. The lowest BCUT2D eigenvalue weighted by Gasteiger charge is -2.01. The zero-order valence-corrected chi connectivity index (χ0v) is 5.15. The summed E-state index contributed by atoms with van der Waals surface area (Å²) in [7, 11) is 3.38. The van der Waals surface area contributed by atoms with E-state index in [1.54, 1.807) is 0 Å². The SMILES string of the molecule is [CH2-][OH+]CCC(C)C. The number of rotatable bonds is 3. The highest BCUT2D eigenvalue weighted by Crippen LogP contribution is 1.96. The van der Waals surface area contributed by atoms with Crippen LogP contribution in [0.3, 0.4) is 0 Å². The van der Waals surface area contributed by atoms with Gasteiger partial charge >= 0.3 is 0 Å². The van der Waals surface area contributed by atoms with Crippen LogP contribution in [0.5, 0.6) is 0 Å². The van der Waals surface area contributed by atoms with Gasteiger partial charge in [-0.2, -0.15) is 0 Å². The van der Waals surface area contributed by atoms with E-state index in [1.807, 2.05) is 0 Å². The summed E-state index contributed by atoms with van der Waals surface area (Å²) in [5.74, 6) is 0.769. The Hall–Kier alpha value is -0.0400. The van der Waals surface area contributed by atoms with Crippen molar-refractivity contribution in [1.82, 2.24) is 0 Å². The topological polar surface area (TPSA) is 12.8 Å². The summed E-state index contributed by atoms with van der Waals surface area (Å²) in [5, 5.41) is 0. The van der Waals surface area contributed by atoms with E-state index >= 15 is 0 Å². The van der Waals surface area contributed by atoms with E-state index in [-0.39, 0.29) is 0 Å². The summed E-state index contributed by atoms with van der Waals surface area (Å²) >= 11 is 0. The average molecular weight is 102 g/mol. The Balaban J connectivity index is 2.68. The molecule has 7 heavy (non-hydrogen) atoms. The van der Waals surface area contributed by atoms with Crippen molar-refractivity contribution in [3.8, 4) is 0 Å². The average Bonchev–Trinajstić information content (AvgIpc) is 1.61. The van der Waals surface area contributed by atoms with Crippen LogP contribution in [-0.2, 0) is 0 Å². The van der Waals surface area contributed by atoms with Gasteiger partial charge in [-0.05, 0) is 5.92 Å². The Kier molecular flexibility index (Phi) is 4.10. The molecular formula is C6H14O. The van der Waals surface area contributed by atoms with Crippen molar-refractivity contribution in [2.75, 3.05) is 6.61 Å². The largest absolute Gasteiger partial charge is 0.582 e. The summed E-state index contributed by atoms with van der Waals surface area (Å²) in [5.41, 5.74) is 0. The van der Waals surface area contributed by atoms with Gasteiger partial charge in [0, 0.05) is 6.42 Å². The third kappa shape index (κ3) is 5.96. The Morgan fingerprint density at radius 3 is 2.29 bits per heavy atom. The van der Waals surface area contributed by atoms with Gasteiger partial charge in [-0.1, -0.05) is 21.0 Å². The lowest BCUT2D eigenvalue weighted by atomic mass is 10.1. The maximum absolute atomic E-state index is 3.73. The Bertz CT molecular complexity index is 33.2. The molecule has 0 atom stereocenters. The minimum atomic E-state index is 0.769. The molecule has 1 nitrogen and oxygen atoms in total. The third-order valence-corrected chi connectivity index (χ3v) is 0.865. The van der Waals surface area contributed by atoms with Crippen molar-refractivity contribution in [1.29, 1.82) is 0 Å². The lowest BCUT2D eigenvalue weighted by molar-refractivity contribution is 0.0476. The molecule has 0 spiro atoms. The Morgan fingerprint density at radius 1 is 1.57 bits per heavy atom. The molecule has 0 bridgehead atoms. The Labute approximate surface area is 45.7 Å². The lowest BCUT2D eigenvalue weighted by Crippen LogP contribution is -1.96. The van der Waals surface area contributed by atoms with Gasteiger partial charge in [0.25, 0.3) is 0 Å². The molecule has 0 aliphatic carbocycles. The van der Waals surface area contributed by atoms with Crippen LogP contribution >= 0.6 is 0 Å². The molecule has 0 aromatic carbocycles. The van der Waals surface area contributed by atoms with Gasteiger partial charge in [0.05, 0.1) is 0 Å². The van der Waals surface area contributed by atoms with Crippen molar-refractivity contribution in [3.63, 3.8) is 0 Å². The van der Waals surface area contributed by atoms with Gasteiger partial charge in [-0.25, -0.2) is 0 Å². The second-order valence-corrected chi connectivity index (χ2v) is 2.13. The molecule has 0 rings (SSSR count). The second-order valence-electron chi connectivity index (χ2n) is 2.13. The summed E-state index contributed by atoms with van der Waals surface area (Å²) < 4.78 is 3.73. The number of hydrogen-bond donors (Lipinski definition) is 0. The number of aliphatic hydroxyl groups is 2. The van der Waals surface area contributed by atoms with Crippen LogP contribution in [0.25, 0.3) is 0 Å². The van der Waals surface area contributed by atoms with E-state index in [0.717, 1.165) is 12.5 Å². The van der Waals surface area contributed by atoms with Gasteiger partial charge in [-0.15, -0.1) is 0 Å². The predicted octanol–water partition coefficient (Wildman–Crippen LogP) is 1.35. The standard InChI is InChI=1S/C6H14O/c1-6(2)4-5-7-3/h6-7H,3-5H2,1-2H3. The fourth-order valence-corrected chi connectivity index (χ4v) is 0.349. The molecule has 44 valence electrons. The maximum atomic E-state index is 3.73. The van der Waals surface area contributed by atoms with Gasteiger partial charge in [-0.3, -0.25) is 0 Å². The summed E-state index contributed by atoms with van der Waals surface area (Å²) in [6.45, 7) is 5.29. The van der Waals surface area contributed by atoms with Crippen LogP contribution in [0.4, 0.5) is 0 Å². The molecular weight excluding hydrogens is 88.1 g/mol. The molecule has 0 aromatic heterocycles. The van der Waals surface area contributed by atoms with Crippen molar-refractivity contribution >= 4 is 0 Å². The minimum absolute atomic E-state index is 0.769. The van der Waals surface area contributed by atoms with Gasteiger partial charge in [0.2, 0.25) is 0 Å². The fraction of sp³-hybridized carbons (Fsp3) is 0.833. The zero-order valence-electron chi connectivity index (χ0n) is 5.15. The molecule has 1 heteroatoms. The molecule has 0 amide bonds. The van der Waals surface area contributed by atoms with Crippen molar-refractivity contribution in [2.24, 2.45) is 5.92 Å². The third-order valence-electron chi connectivity index (χ3n) is 0.865. The quantitative estimate of drug-likeness (QED) is 0.377. The van der Waals surface area contributed by atoms with Crippen molar-refractivity contribution in [2.45, 2.75) is 20.3 Å². The minimum Gasteiger partial charge on any atom is -0.582 e. The molecule has 0 radical (unpaired) electrons. The van der Waals surface area contributed by atoms with Crippen molar-refractivity contribution < 1.29 is 4.74 Å². The number of hydrogen-bond acceptors (Lipinski definition) is 0. The monoisotopic (exact) mass is 102 g/mol. The van der Waals surface area contributed by atoms with Crippen LogP contribution in [0.2, 0.25) is 0 Å². The normalized spacial score (nSPS) is 10.3. The Morgan fingerprint density at radius 2 is 2.14 bits per heavy atom. The van der Waals surface area contributed by atoms with Gasteiger partial charge < -0.3 is 4.74 Å². The van der Waals surface area contributed by atoms with Crippen LogP contribution in [-0.4, -0.2) is 11.3 Å². The first-order valence-corrected chi connectivity index (χ1v) is 2.70. The van der Waals surface area contributed by atoms with E-state index in [1.165, 1.54) is 6.42 Å². The van der Waals surface area contributed by atoms with Crippen LogP contribution in [0, 0.1) is 13.0 Å². The molecule has 0 heterocycles. The van der Waals surface area contributed by atoms with E-state index in [2.05, 4.69) is 25.7 Å². The highest BCUT2D eigenvalue weighted by molar-refractivity contribution is 4.40. The predicted molar refractivity (Wildman–Crippen MR) is 31.9 cm³/mol. The second kappa shape index (κ2) is 4.13. The van der Waals surface area contributed by atoms with Gasteiger partial charge in [0.1, 0.15) is 6.61 Å². The van der Waals surface area contributed by atoms with Crippen molar-refractivity contribution in [3.05, 3.63) is 7.11 Å². The van der Waals surface area contributed by atoms with E-state index in [0.29, 0.717) is 0 Å². The highest BCUT2D eigenvalue weighted by atomic mass is 16.5. The first-order valence-electron chi connectivity index (χ1n) is 2.70. The molecule has 0 aromatic rings. The molecule has 0 aliphatic rings. The summed E-state index contributed by atoms with van der Waals surface area (Å²) in [6, 6.07) is 0. The molecule has 0 unspecified atom stereocenters.